The summed E-state index contributed by atoms with van der Waals surface area (Å²) in [6.45, 7) is 5.55. The maximum atomic E-state index is 13.0. The van der Waals surface area contributed by atoms with Crippen LogP contribution in [0.4, 0.5) is 13.2 Å². The van der Waals surface area contributed by atoms with Crippen LogP contribution in [0.5, 0.6) is 0 Å². The fourth-order valence-corrected chi connectivity index (χ4v) is 7.61. The third-order valence-electron chi connectivity index (χ3n) is 9.54. The van der Waals surface area contributed by atoms with E-state index >= 15 is 0 Å². The normalized spacial score (nSPS) is 39.8. The van der Waals surface area contributed by atoms with Crippen molar-refractivity contribution in [3.63, 3.8) is 0 Å². The summed E-state index contributed by atoms with van der Waals surface area (Å²) in [5.74, 6) is -0.517. The van der Waals surface area contributed by atoms with Gasteiger partial charge in [-0.3, -0.25) is 4.79 Å². The number of carboxylic acid groups (broad SMARTS) is 1. The minimum Gasteiger partial charge on any atom is -0.478 e. The maximum absolute atomic E-state index is 13.0. The van der Waals surface area contributed by atoms with Crippen LogP contribution in [0, 0.1) is 34.5 Å². The van der Waals surface area contributed by atoms with Crippen molar-refractivity contribution in [2.75, 3.05) is 0 Å². The number of hydrogen-bond acceptors (Lipinski definition) is 3. The molecule has 184 valence electrons. The number of nitrogens with one attached hydrogen (secondary N) is 1. The second-order valence-electron chi connectivity index (χ2n) is 11.1. The lowest BCUT2D eigenvalue weighted by molar-refractivity contribution is -0.211. The van der Waals surface area contributed by atoms with Gasteiger partial charge in [0, 0.05) is 11.5 Å². The molecule has 0 aromatic rings. The molecular formula is C25H34F3NO4. The highest BCUT2D eigenvalue weighted by molar-refractivity contribution is 5.87. The number of alkyl halides is 3. The lowest BCUT2D eigenvalue weighted by Gasteiger charge is -2.57. The van der Waals surface area contributed by atoms with Crippen molar-refractivity contribution in [2.45, 2.75) is 84.0 Å². The van der Waals surface area contributed by atoms with Crippen molar-refractivity contribution in [2.24, 2.45) is 34.5 Å². The van der Waals surface area contributed by atoms with Gasteiger partial charge in [-0.15, -0.1) is 0 Å². The van der Waals surface area contributed by atoms with Crippen LogP contribution in [0.2, 0.25) is 0 Å². The molecule has 4 aliphatic rings. The zero-order chi connectivity index (χ0) is 24.3. The average Bonchev–Trinajstić information content (AvgIpc) is 3.09. The van der Waals surface area contributed by atoms with E-state index in [1.165, 1.54) is 6.92 Å². The van der Waals surface area contributed by atoms with Gasteiger partial charge < -0.3 is 15.5 Å². The van der Waals surface area contributed by atoms with Crippen molar-refractivity contribution in [1.29, 1.82) is 0 Å². The topological polar surface area (TPSA) is 86.6 Å². The molecule has 4 rings (SSSR count). The van der Waals surface area contributed by atoms with Gasteiger partial charge >= 0.3 is 12.1 Å². The quantitative estimate of drug-likeness (QED) is 0.561. The summed E-state index contributed by atoms with van der Waals surface area (Å²) in [6.07, 6.45) is 2.13. The Balaban J connectivity index is 1.52. The first-order valence-electron chi connectivity index (χ1n) is 12.0. The number of carbonyl (C=O) groups is 2. The van der Waals surface area contributed by atoms with Crippen LogP contribution < -0.4 is 5.32 Å². The number of fused-ring (bicyclic) bond motifs is 5. The van der Waals surface area contributed by atoms with Crippen LogP contribution >= 0.6 is 0 Å². The zero-order valence-corrected chi connectivity index (χ0v) is 19.4. The molecule has 0 radical (unpaired) electrons. The molecule has 0 spiro atoms. The van der Waals surface area contributed by atoms with Gasteiger partial charge in [0.15, 0.2) is 6.10 Å². The number of rotatable bonds is 4. The van der Waals surface area contributed by atoms with Crippen molar-refractivity contribution in [3.05, 3.63) is 23.3 Å². The van der Waals surface area contributed by atoms with Gasteiger partial charge in [0.25, 0.3) is 0 Å². The van der Waals surface area contributed by atoms with Crippen LogP contribution in [0.1, 0.15) is 65.7 Å². The number of hydrogen-bond donors (Lipinski definition) is 3. The molecule has 33 heavy (non-hydrogen) atoms. The van der Waals surface area contributed by atoms with E-state index in [1.54, 1.807) is 0 Å². The highest BCUT2D eigenvalue weighted by atomic mass is 19.4. The van der Waals surface area contributed by atoms with E-state index in [9.17, 15) is 33.0 Å². The Morgan fingerprint density at radius 1 is 1.15 bits per heavy atom. The second kappa shape index (κ2) is 8.14. The first kappa shape index (κ1) is 24.3. The predicted molar refractivity (Wildman–Crippen MR) is 116 cm³/mol. The molecule has 5 nitrogen and oxygen atoms in total. The monoisotopic (exact) mass is 469 g/mol. The van der Waals surface area contributed by atoms with Gasteiger partial charge in [-0.1, -0.05) is 19.9 Å². The molecular weight excluding hydrogens is 435 g/mol. The summed E-state index contributed by atoms with van der Waals surface area (Å²) >= 11 is 0. The molecule has 4 aliphatic carbocycles. The summed E-state index contributed by atoms with van der Waals surface area (Å²) in [5.41, 5.74) is 1.23. The van der Waals surface area contributed by atoms with Gasteiger partial charge in [0.05, 0.1) is 6.04 Å². The van der Waals surface area contributed by atoms with E-state index < -0.39 is 24.3 Å². The second-order valence-corrected chi connectivity index (χ2v) is 11.1. The molecule has 0 aromatic carbocycles. The Morgan fingerprint density at radius 3 is 2.48 bits per heavy atom. The van der Waals surface area contributed by atoms with Crippen LogP contribution in [0.25, 0.3) is 0 Å². The molecule has 0 aliphatic heterocycles. The highest BCUT2D eigenvalue weighted by Gasteiger charge is 2.60. The number of halogens is 3. The number of carbonyl (C=O) groups excluding carboxylic acids is 1. The molecule has 3 N–H and O–H groups in total. The molecule has 2 unspecified atom stereocenters. The largest absolute Gasteiger partial charge is 0.478 e. The highest BCUT2D eigenvalue weighted by Crippen LogP contribution is 2.66. The van der Waals surface area contributed by atoms with Crippen LogP contribution in [-0.4, -0.2) is 40.4 Å². The van der Waals surface area contributed by atoms with Crippen LogP contribution in [-0.2, 0) is 9.59 Å². The summed E-state index contributed by atoms with van der Waals surface area (Å²) in [6, 6.07) is -1.40. The van der Waals surface area contributed by atoms with Gasteiger partial charge in [-0.25, -0.2) is 4.79 Å². The Morgan fingerprint density at radius 2 is 1.85 bits per heavy atom. The molecule has 2 saturated carbocycles. The Bertz CT molecular complexity index is 897. The minimum absolute atomic E-state index is 0.0745. The number of aliphatic hydroxyl groups excluding tert-OH is 1. The Kier molecular flexibility index (Phi) is 5.99. The Labute approximate surface area is 192 Å². The number of aliphatic hydroxyl groups is 1. The van der Waals surface area contributed by atoms with E-state index in [0.717, 1.165) is 37.7 Å². The molecule has 0 saturated heterocycles. The van der Waals surface area contributed by atoms with Gasteiger partial charge in [0.2, 0.25) is 5.91 Å². The molecule has 0 aromatic heterocycles. The van der Waals surface area contributed by atoms with E-state index in [-0.39, 0.29) is 22.7 Å². The third-order valence-corrected chi connectivity index (χ3v) is 9.54. The average molecular weight is 470 g/mol. The Hall–Kier alpha value is -1.83. The maximum Gasteiger partial charge on any atom is 0.416 e. The van der Waals surface area contributed by atoms with E-state index in [1.807, 2.05) is 6.08 Å². The van der Waals surface area contributed by atoms with E-state index in [0.29, 0.717) is 36.2 Å². The molecule has 8 heteroatoms. The zero-order valence-electron chi connectivity index (χ0n) is 19.4. The number of amides is 1. The summed E-state index contributed by atoms with van der Waals surface area (Å²) in [5, 5.41) is 21.4. The van der Waals surface area contributed by atoms with Crippen molar-refractivity contribution < 1.29 is 33.0 Å². The third kappa shape index (κ3) is 3.92. The standard InChI is InChI=1S/C25H34F3NO4/c1-13(20(30)25(26,27)28)29-21(31)19-7-6-17-16-5-4-15-12-14(22(32)33)8-10-23(15,2)18(16)9-11-24(17,19)3/h4,12-13,16-20,30H,5-11H2,1-3H3,(H,29,31)(H,32,33)/t13?,16-,17-,18-,19+,20?,23-,24-/m0/s1. The molecule has 0 heterocycles. The van der Waals surface area contributed by atoms with E-state index in [4.69, 9.17) is 0 Å². The number of allylic oxidation sites excluding steroid dienone is 3. The number of aliphatic carboxylic acids is 1. The van der Waals surface area contributed by atoms with Crippen molar-refractivity contribution >= 4 is 11.9 Å². The molecule has 0 bridgehead atoms. The SMILES string of the molecule is CC(NC(=O)[C@H]1CC[C@H]2[C@@H]3CC=C4C=C(C(=O)O)CC[C@]4(C)[C@H]3CC[C@]12C)C(O)C(F)(F)F. The van der Waals surface area contributed by atoms with Crippen molar-refractivity contribution in [3.8, 4) is 0 Å². The number of carboxylic acids is 1. The summed E-state index contributed by atoms with van der Waals surface area (Å²) in [4.78, 5) is 24.5. The van der Waals surface area contributed by atoms with Gasteiger partial charge in [-0.05, 0) is 92.1 Å². The van der Waals surface area contributed by atoms with Gasteiger partial charge in [-0.2, -0.15) is 13.2 Å². The molecule has 2 fully saturated rings. The summed E-state index contributed by atoms with van der Waals surface area (Å²) < 4.78 is 38.6. The van der Waals surface area contributed by atoms with E-state index in [2.05, 4.69) is 25.2 Å². The lowest BCUT2D eigenvalue weighted by atomic mass is 9.48. The van der Waals surface area contributed by atoms with Gasteiger partial charge in [0.1, 0.15) is 0 Å². The predicted octanol–water partition coefficient (Wildman–Crippen LogP) is 4.61. The van der Waals surface area contributed by atoms with Crippen LogP contribution in [0.15, 0.2) is 23.3 Å². The fraction of sp³-hybridized carbons (Fsp3) is 0.760. The fourth-order valence-electron chi connectivity index (χ4n) is 7.61. The first-order chi connectivity index (χ1) is 15.3. The first-order valence-corrected chi connectivity index (χ1v) is 12.0. The smallest absolute Gasteiger partial charge is 0.416 e. The van der Waals surface area contributed by atoms with Crippen molar-refractivity contribution in [1.82, 2.24) is 5.32 Å². The minimum atomic E-state index is -4.77. The lowest BCUT2D eigenvalue weighted by Crippen LogP contribution is -2.53. The summed E-state index contributed by atoms with van der Waals surface area (Å²) in [7, 11) is 0. The molecule has 8 atom stereocenters. The van der Waals surface area contributed by atoms with Crippen LogP contribution in [0.3, 0.4) is 0 Å². The molecule has 1 amide bonds.